The third-order valence-electron chi connectivity index (χ3n) is 4.48. The Morgan fingerprint density at radius 2 is 1.88 bits per heavy atom. The van der Waals surface area contributed by atoms with Crippen LogP contribution in [0.15, 0.2) is 42.7 Å². The smallest absolute Gasteiger partial charge is 0.228 e. The number of amides is 1. The molecule has 24 heavy (non-hydrogen) atoms. The average molecular weight is 317 g/mol. The number of carbonyl (C=O) groups excluding carboxylic acids is 1. The number of rotatable bonds is 3. The zero-order valence-corrected chi connectivity index (χ0v) is 13.8. The molecular weight excluding hydrogens is 298 g/mol. The minimum atomic E-state index is 0.0832. The van der Waals surface area contributed by atoms with E-state index in [4.69, 9.17) is 0 Å². The highest BCUT2D eigenvalue weighted by molar-refractivity contribution is 5.96. The van der Waals surface area contributed by atoms with Gasteiger partial charge in [0, 0.05) is 35.0 Å². The molecule has 0 aliphatic heterocycles. The number of fused-ring (bicyclic) bond motifs is 1. The van der Waals surface area contributed by atoms with Crippen molar-refractivity contribution in [1.82, 2.24) is 9.97 Å². The van der Waals surface area contributed by atoms with Crippen LogP contribution in [0, 0.1) is 19.8 Å². The molecule has 1 aliphatic rings. The van der Waals surface area contributed by atoms with Gasteiger partial charge < -0.3 is 5.32 Å². The predicted octanol–water partition coefficient (Wildman–Crippen LogP) is 4.26. The predicted molar refractivity (Wildman–Crippen MR) is 95.8 cm³/mol. The fraction of sp³-hybridized carbons (Fsp3) is 0.250. The summed E-state index contributed by atoms with van der Waals surface area (Å²) in [6.07, 6.45) is 5.72. The number of carbonyl (C=O) groups is 1. The summed E-state index contributed by atoms with van der Waals surface area (Å²) in [7, 11) is 0. The van der Waals surface area contributed by atoms with Gasteiger partial charge in [-0.3, -0.25) is 9.78 Å². The molecule has 1 saturated carbocycles. The van der Waals surface area contributed by atoms with Crippen molar-refractivity contribution in [3.8, 4) is 11.1 Å². The van der Waals surface area contributed by atoms with Crippen molar-refractivity contribution in [2.24, 2.45) is 5.92 Å². The number of aromatic nitrogens is 2. The van der Waals surface area contributed by atoms with Gasteiger partial charge in [-0.15, -0.1) is 0 Å². The standard InChI is InChI=1S/C20H19N3O/c1-12-7-13(2)21-11-18(12)16-6-5-15-9-19(22-10-17(15)8-16)23-20(24)14-3-4-14/h5-11,14H,3-4H2,1-2H3,(H,22,23,24). The molecule has 0 radical (unpaired) electrons. The highest BCUT2D eigenvalue weighted by Gasteiger charge is 2.29. The largest absolute Gasteiger partial charge is 0.310 e. The number of hydrogen-bond acceptors (Lipinski definition) is 3. The topological polar surface area (TPSA) is 54.9 Å². The summed E-state index contributed by atoms with van der Waals surface area (Å²) < 4.78 is 0. The minimum Gasteiger partial charge on any atom is -0.310 e. The molecule has 1 fully saturated rings. The van der Waals surface area contributed by atoms with Crippen molar-refractivity contribution in [2.75, 3.05) is 5.32 Å². The van der Waals surface area contributed by atoms with Gasteiger partial charge in [0.05, 0.1) is 0 Å². The first-order valence-electron chi connectivity index (χ1n) is 8.24. The van der Waals surface area contributed by atoms with E-state index < -0.39 is 0 Å². The Balaban J connectivity index is 1.67. The maximum Gasteiger partial charge on any atom is 0.228 e. The number of anilines is 1. The summed E-state index contributed by atoms with van der Waals surface area (Å²) >= 11 is 0. The highest BCUT2D eigenvalue weighted by Crippen LogP contribution is 2.31. The Morgan fingerprint density at radius 3 is 2.62 bits per heavy atom. The Bertz CT molecular complexity index is 945. The number of pyridine rings is 2. The van der Waals surface area contributed by atoms with Gasteiger partial charge >= 0.3 is 0 Å². The average Bonchev–Trinajstić information content (AvgIpc) is 3.39. The maximum atomic E-state index is 11.9. The molecule has 1 amide bonds. The Labute approximate surface area is 141 Å². The van der Waals surface area contributed by atoms with Gasteiger partial charge in [-0.1, -0.05) is 12.1 Å². The molecule has 0 unspecified atom stereocenters. The van der Waals surface area contributed by atoms with Crippen LogP contribution < -0.4 is 5.32 Å². The van der Waals surface area contributed by atoms with E-state index in [1.54, 1.807) is 0 Å². The highest BCUT2D eigenvalue weighted by atomic mass is 16.2. The van der Waals surface area contributed by atoms with E-state index >= 15 is 0 Å². The van der Waals surface area contributed by atoms with Crippen molar-refractivity contribution >= 4 is 22.5 Å². The molecule has 1 N–H and O–H groups in total. The van der Waals surface area contributed by atoms with Crippen LogP contribution in [0.25, 0.3) is 21.9 Å². The fourth-order valence-corrected chi connectivity index (χ4v) is 2.95. The van der Waals surface area contributed by atoms with Crippen molar-refractivity contribution in [3.63, 3.8) is 0 Å². The van der Waals surface area contributed by atoms with Gasteiger partial charge in [0.15, 0.2) is 0 Å². The quantitative estimate of drug-likeness (QED) is 0.785. The summed E-state index contributed by atoms with van der Waals surface area (Å²) in [6.45, 7) is 4.10. The van der Waals surface area contributed by atoms with Gasteiger partial charge in [0.1, 0.15) is 5.82 Å². The number of nitrogens with one attached hydrogen (secondary N) is 1. The van der Waals surface area contributed by atoms with Gasteiger partial charge in [-0.2, -0.15) is 0 Å². The normalized spacial score (nSPS) is 13.9. The lowest BCUT2D eigenvalue weighted by atomic mass is 10.00. The van der Waals surface area contributed by atoms with Crippen molar-refractivity contribution in [1.29, 1.82) is 0 Å². The molecule has 1 aliphatic carbocycles. The zero-order valence-electron chi connectivity index (χ0n) is 13.8. The first kappa shape index (κ1) is 14.8. The van der Waals surface area contributed by atoms with Crippen LogP contribution in [-0.4, -0.2) is 15.9 Å². The molecule has 2 heterocycles. The van der Waals surface area contributed by atoms with Crippen LogP contribution >= 0.6 is 0 Å². The lowest BCUT2D eigenvalue weighted by Crippen LogP contribution is -2.14. The van der Waals surface area contributed by atoms with E-state index in [0.29, 0.717) is 5.82 Å². The van der Waals surface area contributed by atoms with Gasteiger partial charge in [-0.05, 0) is 61.4 Å². The number of hydrogen-bond donors (Lipinski definition) is 1. The van der Waals surface area contributed by atoms with Crippen molar-refractivity contribution in [2.45, 2.75) is 26.7 Å². The lowest BCUT2D eigenvalue weighted by Gasteiger charge is -2.09. The Hall–Kier alpha value is -2.75. The van der Waals surface area contributed by atoms with E-state index in [9.17, 15) is 4.79 Å². The third-order valence-corrected chi connectivity index (χ3v) is 4.48. The van der Waals surface area contributed by atoms with Gasteiger partial charge in [-0.25, -0.2) is 4.98 Å². The van der Waals surface area contributed by atoms with Crippen molar-refractivity contribution in [3.05, 3.63) is 54.0 Å². The Morgan fingerprint density at radius 1 is 1.04 bits per heavy atom. The molecule has 2 aromatic heterocycles. The number of benzene rings is 1. The van der Waals surface area contributed by atoms with Gasteiger partial charge in [0.25, 0.3) is 0 Å². The second-order valence-corrected chi connectivity index (χ2v) is 6.54. The van der Waals surface area contributed by atoms with Gasteiger partial charge in [0.2, 0.25) is 5.91 Å². The van der Waals surface area contributed by atoms with Crippen LogP contribution in [0.2, 0.25) is 0 Å². The Kier molecular flexibility index (Phi) is 3.53. The van der Waals surface area contributed by atoms with Crippen LogP contribution in [0.1, 0.15) is 24.1 Å². The number of nitrogens with zero attached hydrogens (tertiary/aromatic N) is 2. The molecule has 0 saturated heterocycles. The van der Waals surface area contributed by atoms with E-state index in [1.165, 1.54) is 5.56 Å². The molecular formula is C20H19N3O. The molecule has 4 heteroatoms. The monoisotopic (exact) mass is 317 g/mol. The zero-order chi connectivity index (χ0) is 16.7. The minimum absolute atomic E-state index is 0.0832. The van der Waals surface area contributed by atoms with E-state index in [0.717, 1.165) is 40.4 Å². The summed E-state index contributed by atoms with van der Waals surface area (Å²) in [5, 5.41) is 5.02. The van der Waals surface area contributed by atoms with E-state index in [2.05, 4.69) is 46.5 Å². The van der Waals surface area contributed by atoms with E-state index in [1.807, 2.05) is 25.4 Å². The molecule has 0 bridgehead atoms. The first-order chi connectivity index (χ1) is 11.6. The first-order valence-corrected chi connectivity index (χ1v) is 8.24. The summed E-state index contributed by atoms with van der Waals surface area (Å²) in [6, 6.07) is 10.3. The molecule has 1 aromatic carbocycles. The molecule has 3 aromatic rings. The molecule has 120 valence electrons. The maximum absolute atomic E-state index is 11.9. The second kappa shape index (κ2) is 5.71. The number of aryl methyl sites for hydroxylation is 2. The van der Waals surface area contributed by atoms with Crippen LogP contribution in [-0.2, 0) is 4.79 Å². The third kappa shape index (κ3) is 2.87. The van der Waals surface area contributed by atoms with Crippen LogP contribution in [0.4, 0.5) is 5.82 Å². The lowest BCUT2D eigenvalue weighted by molar-refractivity contribution is -0.117. The molecule has 4 rings (SSSR count). The summed E-state index contributed by atoms with van der Waals surface area (Å²) in [4.78, 5) is 20.6. The van der Waals surface area contributed by atoms with Crippen molar-refractivity contribution < 1.29 is 4.79 Å². The molecule has 0 spiro atoms. The summed E-state index contributed by atoms with van der Waals surface area (Å²) in [5.41, 5.74) is 4.50. The fourth-order valence-electron chi connectivity index (χ4n) is 2.95. The molecule has 4 nitrogen and oxygen atoms in total. The van der Waals surface area contributed by atoms with Crippen LogP contribution in [0.3, 0.4) is 0 Å². The van der Waals surface area contributed by atoms with Crippen LogP contribution in [0.5, 0.6) is 0 Å². The second-order valence-electron chi connectivity index (χ2n) is 6.54. The summed E-state index contributed by atoms with van der Waals surface area (Å²) in [5.74, 6) is 0.891. The SMILES string of the molecule is Cc1cc(C)c(-c2ccc3cc(NC(=O)C4CC4)ncc3c2)cn1. The van der Waals surface area contributed by atoms with E-state index in [-0.39, 0.29) is 11.8 Å². The molecule has 0 atom stereocenters.